The minimum Gasteiger partial charge on any atom is -0.310 e. The smallest absolute Gasteiger partial charge is 0.149 e. The van der Waals surface area contributed by atoms with Gasteiger partial charge in [0.05, 0.1) is 5.75 Å². The molecule has 0 aromatic heterocycles. The normalized spacial score (nSPS) is 13.8. The number of likely N-dealkylation sites (N-methyl/N-ethyl adjacent to an activating group) is 1. The highest BCUT2D eigenvalue weighted by molar-refractivity contribution is 7.90. The van der Waals surface area contributed by atoms with Crippen molar-refractivity contribution >= 4 is 9.84 Å². The summed E-state index contributed by atoms with van der Waals surface area (Å²) >= 11 is 0. The van der Waals surface area contributed by atoms with Gasteiger partial charge in [0.25, 0.3) is 0 Å². The Bertz CT molecular complexity index is 263. The Balaban J connectivity index is 4.36. The van der Waals surface area contributed by atoms with Crippen molar-refractivity contribution in [2.75, 3.05) is 18.6 Å². The van der Waals surface area contributed by atoms with E-state index in [4.69, 9.17) is 0 Å². The van der Waals surface area contributed by atoms with Crippen LogP contribution >= 0.6 is 0 Å². The van der Waals surface area contributed by atoms with Gasteiger partial charge in [-0.1, -0.05) is 18.6 Å². The van der Waals surface area contributed by atoms with Crippen molar-refractivity contribution in [1.82, 2.24) is 5.32 Å². The van der Waals surface area contributed by atoms with E-state index in [1.54, 1.807) is 0 Å². The van der Waals surface area contributed by atoms with E-state index in [2.05, 4.69) is 5.32 Å². The first kappa shape index (κ1) is 12.7. The average Bonchev–Trinajstić information content (AvgIpc) is 1.81. The molecular formula is C9H19NO2S. The zero-order valence-electron chi connectivity index (χ0n) is 8.79. The Hall–Kier alpha value is -0.350. The Morgan fingerprint density at radius 1 is 1.46 bits per heavy atom. The van der Waals surface area contributed by atoms with Crippen LogP contribution in [0.4, 0.5) is 0 Å². The van der Waals surface area contributed by atoms with Gasteiger partial charge in [-0.05, 0) is 20.4 Å². The van der Waals surface area contributed by atoms with Crippen LogP contribution in [0, 0.1) is 0 Å². The van der Waals surface area contributed by atoms with E-state index in [-0.39, 0.29) is 11.8 Å². The van der Waals surface area contributed by atoms with Gasteiger partial charge in [-0.15, -0.1) is 0 Å². The molecule has 0 aliphatic heterocycles. The van der Waals surface area contributed by atoms with Gasteiger partial charge in [-0.25, -0.2) is 8.42 Å². The van der Waals surface area contributed by atoms with Crippen LogP contribution in [0.1, 0.15) is 20.8 Å². The average molecular weight is 205 g/mol. The third-order valence-corrected chi connectivity index (χ3v) is 2.45. The molecule has 0 aliphatic rings. The molecule has 0 heterocycles. The number of nitrogens with one attached hydrogen (secondary N) is 1. The van der Waals surface area contributed by atoms with E-state index >= 15 is 0 Å². The van der Waals surface area contributed by atoms with E-state index in [0.717, 1.165) is 12.1 Å². The van der Waals surface area contributed by atoms with Gasteiger partial charge in [0.15, 0.2) is 0 Å². The summed E-state index contributed by atoms with van der Waals surface area (Å²) < 4.78 is 22.1. The third kappa shape index (κ3) is 7.99. The van der Waals surface area contributed by atoms with E-state index < -0.39 is 9.84 Å². The minimum absolute atomic E-state index is 0.0509. The molecule has 0 radical (unpaired) electrons. The van der Waals surface area contributed by atoms with E-state index in [1.165, 1.54) is 6.26 Å². The van der Waals surface area contributed by atoms with Crippen molar-refractivity contribution in [2.45, 2.75) is 26.8 Å². The summed E-state index contributed by atoms with van der Waals surface area (Å²) in [6.07, 6.45) is 3.21. The Morgan fingerprint density at radius 3 is 2.31 bits per heavy atom. The molecule has 0 bridgehead atoms. The largest absolute Gasteiger partial charge is 0.310 e. The highest BCUT2D eigenvalue weighted by Crippen LogP contribution is 1.98. The van der Waals surface area contributed by atoms with Crippen LogP contribution in [0.15, 0.2) is 11.6 Å². The Kier molecular flexibility index (Phi) is 5.25. The van der Waals surface area contributed by atoms with Crippen molar-refractivity contribution < 1.29 is 8.42 Å². The van der Waals surface area contributed by atoms with Crippen LogP contribution in [-0.2, 0) is 9.84 Å². The van der Waals surface area contributed by atoms with Crippen LogP contribution in [0.3, 0.4) is 0 Å². The molecule has 1 unspecified atom stereocenters. The molecule has 0 saturated carbocycles. The number of hydrogen-bond acceptors (Lipinski definition) is 3. The van der Waals surface area contributed by atoms with Crippen molar-refractivity contribution in [3.05, 3.63) is 11.6 Å². The maximum Gasteiger partial charge on any atom is 0.149 e. The molecule has 0 aliphatic carbocycles. The summed E-state index contributed by atoms with van der Waals surface area (Å²) in [5.74, 6) is 0.173. The quantitative estimate of drug-likeness (QED) is 0.680. The molecule has 13 heavy (non-hydrogen) atoms. The molecule has 0 aromatic carbocycles. The molecule has 0 saturated heterocycles. The van der Waals surface area contributed by atoms with E-state index in [9.17, 15) is 8.42 Å². The second-order valence-electron chi connectivity index (χ2n) is 3.50. The van der Waals surface area contributed by atoms with Crippen LogP contribution < -0.4 is 5.32 Å². The Labute approximate surface area is 81.1 Å². The van der Waals surface area contributed by atoms with Crippen LogP contribution in [0.5, 0.6) is 0 Å². The predicted molar refractivity (Wildman–Crippen MR) is 56.6 cm³/mol. The molecule has 0 amide bonds. The lowest BCUT2D eigenvalue weighted by molar-refractivity contribution is 0.585. The minimum atomic E-state index is -2.90. The summed E-state index contributed by atoms with van der Waals surface area (Å²) in [5.41, 5.74) is 1.13. The van der Waals surface area contributed by atoms with Gasteiger partial charge < -0.3 is 5.32 Å². The second kappa shape index (κ2) is 5.40. The number of sulfone groups is 1. The molecule has 0 aromatic rings. The van der Waals surface area contributed by atoms with Gasteiger partial charge in [0.1, 0.15) is 9.84 Å². The molecular weight excluding hydrogens is 186 g/mol. The molecule has 0 fully saturated rings. The standard InChI is InChI=1S/C9H19NO2S/c1-5-10-9(6-8(2)3)7-13(4,11)12/h6,9-10H,5,7H2,1-4H3. The fraction of sp³-hybridized carbons (Fsp3) is 0.778. The SMILES string of the molecule is CCNC(C=C(C)C)CS(C)(=O)=O. The second-order valence-corrected chi connectivity index (χ2v) is 5.69. The van der Waals surface area contributed by atoms with Crippen LogP contribution in [0.2, 0.25) is 0 Å². The van der Waals surface area contributed by atoms with Gasteiger partial charge >= 0.3 is 0 Å². The number of hydrogen-bond donors (Lipinski definition) is 1. The molecule has 1 atom stereocenters. The molecule has 1 N–H and O–H groups in total. The van der Waals surface area contributed by atoms with Gasteiger partial charge in [-0.2, -0.15) is 0 Å². The highest BCUT2D eigenvalue weighted by atomic mass is 32.2. The van der Waals surface area contributed by atoms with Crippen molar-refractivity contribution in [3.8, 4) is 0 Å². The lowest BCUT2D eigenvalue weighted by Crippen LogP contribution is -2.33. The number of allylic oxidation sites excluding steroid dienone is 1. The fourth-order valence-electron chi connectivity index (χ4n) is 1.16. The monoisotopic (exact) mass is 205 g/mol. The highest BCUT2D eigenvalue weighted by Gasteiger charge is 2.11. The first-order valence-corrected chi connectivity index (χ1v) is 6.47. The summed E-state index contributed by atoms with van der Waals surface area (Å²) in [5, 5.41) is 3.11. The topological polar surface area (TPSA) is 46.2 Å². The lowest BCUT2D eigenvalue weighted by Gasteiger charge is -2.12. The summed E-state index contributed by atoms with van der Waals surface area (Å²) in [6, 6.07) is -0.0509. The number of rotatable bonds is 5. The molecule has 3 nitrogen and oxygen atoms in total. The zero-order valence-corrected chi connectivity index (χ0v) is 9.61. The summed E-state index contributed by atoms with van der Waals surface area (Å²) in [7, 11) is -2.90. The van der Waals surface area contributed by atoms with Gasteiger partial charge in [0.2, 0.25) is 0 Å². The van der Waals surface area contributed by atoms with Gasteiger partial charge in [-0.3, -0.25) is 0 Å². The van der Waals surface area contributed by atoms with E-state index in [1.807, 2.05) is 26.8 Å². The van der Waals surface area contributed by atoms with Crippen molar-refractivity contribution in [1.29, 1.82) is 0 Å². The van der Waals surface area contributed by atoms with Gasteiger partial charge in [0, 0.05) is 12.3 Å². The van der Waals surface area contributed by atoms with E-state index in [0.29, 0.717) is 0 Å². The van der Waals surface area contributed by atoms with Crippen molar-refractivity contribution in [2.24, 2.45) is 0 Å². The maximum atomic E-state index is 11.0. The predicted octanol–water partition coefficient (Wildman–Crippen LogP) is 0.975. The van der Waals surface area contributed by atoms with Crippen molar-refractivity contribution in [3.63, 3.8) is 0 Å². The molecule has 0 spiro atoms. The Morgan fingerprint density at radius 2 is 2.00 bits per heavy atom. The summed E-state index contributed by atoms with van der Waals surface area (Å²) in [4.78, 5) is 0. The lowest BCUT2D eigenvalue weighted by atomic mass is 10.2. The third-order valence-electron chi connectivity index (χ3n) is 1.48. The maximum absolute atomic E-state index is 11.0. The molecule has 4 heteroatoms. The fourth-order valence-corrected chi connectivity index (χ4v) is 2.02. The zero-order chi connectivity index (χ0) is 10.5. The molecule has 0 rings (SSSR count). The van der Waals surface area contributed by atoms with Crippen LogP contribution in [0.25, 0.3) is 0 Å². The molecule has 78 valence electrons. The van der Waals surface area contributed by atoms with Crippen LogP contribution in [-0.4, -0.2) is 33.0 Å². The summed E-state index contributed by atoms with van der Waals surface area (Å²) in [6.45, 7) is 6.68. The first-order chi connectivity index (χ1) is 5.85. The first-order valence-electron chi connectivity index (χ1n) is 4.41.